The minimum absolute atomic E-state index is 0.0235. The molecule has 1 aromatic heterocycles. The topological polar surface area (TPSA) is 39.1 Å². The minimum atomic E-state index is -0.0235. The van der Waals surface area contributed by atoms with E-state index >= 15 is 0 Å². The van der Waals surface area contributed by atoms with Gasteiger partial charge in [0, 0.05) is 30.8 Å². The summed E-state index contributed by atoms with van der Waals surface area (Å²) in [5.41, 5.74) is 0.711. The lowest BCUT2D eigenvalue weighted by atomic mass is 10.1. The van der Waals surface area contributed by atoms with Crippen LogP contribution in [0.5, 0.6) is 0 Å². The summed E-state index contributed by atoms with van der Waals surface area (Å²) in [6.07, 6.45) is 2.89. The van der Waals surface area contributed by atoms with Crippen LogP contribution in [0.15, 0.2) is 59.5 Å². The molecule has 1 aromatic carbocycles. The highest BCUT2D eigenvalue weighted by atomic mass is 16.1. The first-order chi connectivity index (χ1) is 8.77. The molecule has 1 heterocycles. The van der Waals surface area contributed by atoms with Gasteiger partial charge in [-0.05, 0) is 12.5 Å². The van der Waals surface area contributed by atoms with Crippen LogP contribution in [-0.4, -0.2) is 10.4 Å². The monoisotopic (exact) mass is 241 g/mol. The molecular weight excluding hydrogens is 226 g/mol. The molecule has 18 heavy (non-hydrogen) atoms. The summed E-state index contributed by atoms with van der Waals surface area (Å²) in [5.74, 6) is 0.125. The number of carbonyl (C=O) groups excluding carboxylic acids is 1. The van der Waals surface area contributed by atoms with Gasteiger partial charge in [-0.2, -0.15) is 0 Å². The number of benzene rings is 1. The van der Waals surface area contributed by atoms with Crippen LogP contribution in [0.3, 0.4) is 0 Å². The molecule has 0 atom stereocenters. The van der Waals surface area contributed by atoms with Gasteiger partial charge in [-0.25, -0.2) is 0 Å². The zero-order valence-corrected chi connectivity index (χ0v) is 10.1. The van der Waals surface area contributed by atoms with Crippen molar-refractivity contribution in [3.05, 3.63) is 70.6 Å². The highest BCUT2D eigenvalue weighted by Crippen LogP contribution is 2.05. The van der Waals surface area contributed by atoms with Crippen molar-refractivity contribution in [3.8, 4) is 0 Å². The van der Waals surface area contributed by atoms with Gasteiger partial charge in [-0.15, -0.1) is 0 Å². The molecule has 0 aliphatic rings. The SMILES string of the molecule is O=C(CCCn1ccccc1=O)c1ccccc1. The van der Waals surface area contributed by atoms with E-state index in [4.69, 9.17) is 0 Å². The fraction of sp³-hybridized carbons (Fsp3) is 0.200. The number of pyridine rings is 1. The Morgan fingerprint density at radius 3 is 2.44 bits per heavy atom. The Morgan fingerprint density at radius 1 is 1.00 bits per heavy atom. The third-order valence-electron chi connectivity index (χ3n) is 2.80. The summed E-state index contributed by atoms with van der Waals surface area (Å²) in [7, 11) is 0. The van der Waals surface area contributed by atoms with E-state index in [2.05, 4.69) is 0 Å². The number of aryl methyl sites for hydroxylation is 1. The standard InChI is InChI=1S/C15H15NO2/c17-14(13-7-2-1-3-8-13)9-6-12-16-11-5-4-10-15(16)18/h1-5,7-8,10-11H,6,9,12H2. The Bertz CT molecular complexity index is 572. The Hall–Kier alpha value is -2.16. The van der Waals surface area contributed by atoms with Gasteiger partial charge in [0.2, 0.25) is 5.56 Å². The molecule has 2 rings (SSSR count). The maximum atomic E-state index is 11.8. The second-order valence-corrected chi connectivity index (χ2v) is 4.13. The molecule has 0 N–H and O–H groups in total. The summed E-state index contributed by atoms with van der Waals surface area (Å²) in [6, 6.07) is 14.3. The normalized spacial score (nSPS) is 10.2. The van der Waals surface area contributed by atoms with E-state index in [9.17, 15) is 9.59 Å². The Labute approximate surface area is 106 Å². The fourth-order valence-corrected chi connectivity index (χ4v) is 1.82. The molecule has 0 radical (unpaired) electrons. The van der Waals surface area contributed by atoms with Crippen LogP contribution >= 0.6 is 0 Å². The van der Waals surface area contributed by atoms with Crippen molar-refractivity contribution >= 4 is 5.78 Å². The number of carbonyl (C=O) groups is 1. The van der Waals surface area contributed by atoms with E-state index in [0.29, 0.717) is 19.4 Å². The van der Waals surface area contributed by atoms with Gasteiger partial charge in [-0.1, -0.05) is 36.4 Å². The molecule has 0 saturated carbocycles. The molecular formula is C15H15NO2. The molecule has 3 nitrogen and oxygen atoms in total. The van der Waals surface area contributed by atoms with E-state index in [1.165, 1.54) is 6.07 Å². The molecule has 0 aliphatic heterocycles. The maximum absolute atomic E-state index is 11.8. The van der Waals surface area contributed by atoms with Crippen LogP contribution in [0.1, 0.15) is 23.2 Å². The zero-order chi connectivity index (χ0) is 12.8. The maximum Gasteiger partial charge on any atom is 0.250 e. The Balaban J connectivity index is 1.88. The molecule has 0 spiro atoms. The largest absolute Gasteiger partial charge is 0.316 e. The third-order valence-corrected chi connectivity index (χ3v) is 2.80. The van der Waals surface area contributed by atoms with Crippen molar-refractivity contribution in [2.24, 2.45) is 0 Å². The van der Waals surface area contributed by atoms with Crippen molar-refractivity contribution in [2.45, 2.75) is 19.4 Å². The Morgan fingerprint density at radius 2 is 1.72 bits per heavy atom. The summed E-state index contributed by atoms with van der Waals surface area (Å²) in [5, 5.41) is 0. The number of hydrogen-bond acceptors (Lipinski definition) is 2. The highest BCUT2D eigenvalue weighted by molar-refractivity contribution is 5.95. The minimum Gasteiger partial charge on any atom is -0.316 e. The van der Waals surface area contributed by atoms with Gasteiger partial charge in [0.05, 0.1) is 0 Å². The van der Waals surface area contributed by atoms with Crippen LogP contribution in [0.25, 0.3) is 0 Å². The number of aromatic nitrogens is 1. The first kappa shape index (κ1) is 12.3. The van der Waals surface area contributed by atoms with Crippen molar-refractivity contribution in [1.29, 1.82) is 0 Å². The number of ketones is 1. The highest BCUT2D eigenvalue weighted by Gasteiger charge is 2.04. The van der Waals surface area contributed by atoms with Crippen LogP contribution in [0, 0.1) is 0 Å². The van der Waals surface area contributed by atoms with Crippen molar-refractivity contribution < 1.29 is 4.79 Å². The number of hydrogen-bond donors (Lipinski definition) is 0. The number of nitrogens with zero attached hydrogens (tertiary/aromatic N) is 1. The van der Waals surface area contributed by atoms with E-state index in [1.54, 1.807) is 16.8 Å². The van der Waals surface area contributed by atoms with Crippen molar-refractivity contribution in [3.63, 3.8) is 0 Å². The smallest absolute Gasteiger partial charge is 0.250 e. The molecule has 0 aliphatic carbocycles. The van der Waals surface area contributed by atoms with Gasteiger partial charge in [0.1, 0.15) is 0 Å². The van der Waals surface area contributed by atoms with Gasteiger partial charge < -0.3 is 4.57 Å². The molecule has 3 heteroatoms. The first-order valence-electron chi connectivity index (χ1n) is 6.01. The molecule has 0 bridgehead atoms. The average molecular weight is 241 g/mol. The Kier molecular flexibility index (Phi) is 4.07. The van der Waals surface area contributed by atoms with Gasteiger partial charge in [-0.3, -0.25) is 9.59 Å². The van der Waals surface area contributed by atoms with Gasteiger partial charge in [0.25, 0.3) is 0 Å². The quantitative estimate of drug-likeness (QED) is 0.754. The lowest BCUT2D eigenvalue weighted by Crippen LogP contribution is -2.18. The summed E-state index contributed by atoms with van der Waals surface area (Å²) in [6.45, 7) is 0.582. The second-order valence-electron chi connectivity index (χ2n) is 4.13. The van der Waals surface area contributed by atoms with Crippen LogP contribution in [-0.2, 0) is 6.54 Å². The average Bonchev–Trinajstić information content (AvgIpc) is 2.42. The third kappa shape index (κ3) is 3.17. The molecule has 2 aromatic rings. The molecule has 0 unspecified atom stereocenters. The van der Waals surface area contributed by atoms with Crippen LogP contribution in [0.4, 0.5) is 0 Å². The number of rotatable bonds is 5. The summed E-state index contributed by atoms with van der Waals surface area (Å²) >= 11 is 0. The van der Waals surface area contributed by atoms with E-state index in [1.807, 2.05) is 36.4 Å². The predicted octanol–water partition coefficient (Wildman–Crippen LogP) is 2.51. The fourth-order valence-electron chi connectivity index (χ4n) is 1.82. The lowest BCUT2D eigenvalue weighted by molar-refractivity contribution is 0.0978. The molecule has 0 fully saturated rings. The zero-order valence-electron chi connectivity index (χ0n) is 10.1. The van der Waals surface area contributed by atoms with Crippen LogP contribution in [0.2, 0.25) is 0 Å². The van der Waals surface area contributed by atoms with Gasteiger partial charge in [0.15, 0.2) is 5.78 Å². The van der Waals surface area contributed by atoms with Crippen LogP contribution < -0.4 is 5.56 Å². The number of Topliss-reactive ketones (excluding diaryl/α,β-unsaturated/α-hetero) is 1. The van der Waals surface area contributed by atoms with E-state index in [-0.39, 0.29) is 11.3 Å². The van der Waals surface area contributed by atoms with Gasteiger partial charge >= 0.3 is 0 Å². The molecule has 0 amide bonds. The second kappa shape index (κ2) is 5.96. The predicted molar refractivity (Wildman–Crippen MR) is 70.7 cm³/mol. The first-order valence-corrected chi connectivity index (χ1v) is 6.01. The summed E-state index contributed by atoms with van der Waals surface area (Å²) in [4.78, 5) is 23.3. The molecule has 92 valence electrons. The van der Waals surface area contributed by atoms with E-state index < -0.39 is 0 Å². The molecule has 0 saturated heterocycles. The van der Waals surface area contributed by atoms with E-state index in [0.717, 1.165) is 5.56 Å². The van der Waals surface area contributed by atoms with Crippen molar-refractivity contribution in [2.75, 3.05) is 0 Å². The van der Waals surface area contributed by atoms with Crippen molar-refractivity contribution in [1.82, 2.24) is 4.57 Å². The summed E-state index contributed by atoms with van der Waals surface area (Å²) < 4.78 is 1.62. The lowest BCUT2D eigenvalue weighted by Gasteiger charge is -2.04.